The largest absolute Gasteiger partial charge is 0.328 e. The van der Waals surface area contributed by atoms with Crippen LogP contribution < -0.4 is 5.73 Å². The monoisotopic (exact) mass is 236 g/mol. The molecule has 17 heavy (non-hydrogen) atoms. The van der Waals surface area contributed by atoms with Gasteiger partial charge >= 0.3 is 0 Å². The molecule has 2 N–H and O–H groups in total. The van der Waals surface area contributed by atoms with Crippen molar-refractivity contribution >= 4 is 0 Å². The van der Waals surface area contributed by atoms with E-state index in [9.17, 15) is 0 Å². The van der Waals surface area contributed by atoms with Gasteiger partial charge in [-0.05, 0) is 38.0 Å². The second kappa shape index (κ2) is 5.63. The van der Waals surface area contributed by atoms with E-state index in [0.717, 1.165) is 25.3 Å². The molecule has 1 heterocycles. The Morgan fingerprint density at radius 3 is 2.71 bits per heavy atom. The van der Waals surface area contributed by atoms with Gasteiger partial charge < -0.3 is 10.3 Å². The number of aromatic nitrogens is 3. The number of aryl methyl sites for hydroxylation is 1. The van der Waals surface area contributed by atoms with Crippen molar-refractivity contribution in [2.75, 3.05) is 0 Å². The molecule has 0 saturated heterocycles. The Morgan fingerprint density at radius 2 is 2.06 bits per heavy atom. The highest BCUT2D eigenvalue weighted by Gasteiger charge is 2.23. The summed E-state index contributed by atoms with van der Waals surface area (Å²) in [6, 6.07) is 0.401. The van der Waals surface area contributed by atoms with Gasteiger partial charge in [0.05, 0.1) is 0 Å². The molecule has 0 atom stereocenters. The van der Waals surface area contributed by atoms with Crippen molar-refractivity contribution in [3.05, 3.63) is 12.2 Å². The Morgan fingerprint density at radius 1 is 1.35 bits per heavy atom. The molecule has 0 amide bonds. The lowest BCUT2D eigenvalue weighted by atomic mass is 9.86. The van der Waals surface area contributed by atoms with Crippen LogP contribution in [0.15, 0.2) is 6.33 Å². The smallest absolute Gasteiger partial charge is 0.135 e. The number of hydrogen-bond acceptors (Lipinski definition) is 3. The first-order chi connectivity index (χ1) is 8.16. The SMILES string of the molecule is CC(C)CCn1cnnc1C1CCC(N)CC1. The zero-order valence-corrected chi connectivity index (χ0v) is 11.0. The summed E-state index contributed by atoms with van der Waals surface area (Å²) in [4.78, 5) is 0. The van der Waals surface area contributed by atoms with Crippen LogP contribution in [0, 0.1) is 5.92 Å². The van der Waals surface area contributed by atoms with Crippen LogP contribution in [-0.2, 0) is 6.54 Å². The lowest BCUT2D eigenvalue weighted by Crippen LogP contribution is -2.26. The van der Waals surface area contributed by atoms with Crippen molar-refractivity contribution in [2.24, 2.45) is 11.7 Å². The van der Waals surface area contributed by atoms with E-state index >= 15 is 0 Å². The minimum absolute atomic E-state index is 0.401. The van der Waals surface area contributed by atoms with Crippen molar-refractivity contribution in [1.82, 2.24) is 14.8 Å². The quantitative estimate of drug-likeness (QED) is 0.872. The van der Waals surface area contributed by atoms with Crippen LogP contribution in [0.2, 0.25) is 0 Å². The fourth-order valence-corrected chi connectivity index (χ4v) is 2.53. The van der Waals surface area contributed by atoms with E-state index in [-0.39, 0.29) is 0 Å². The molecule has 1 aromatic rings. The van der Waals surface area contributed by atoms with Gasteiger partial charge in [-0.15, -0.1) is 10.2 Å². The van der Waals surface area contributed by atoms with Gasteiger partial charge in [-0.25, -0.2) is 0 Å². The summed E-state index contributed by atoms with van der Waals surface area (Å²) >= 11 is 0. The topological polar surface area (TPSA) is 56.7 Å². The van der Waals surface area contributed by atoms with Gasteiger partial charge in [0.25, 0.3) is 0 Å². The van der Waals surface area contributed by atoms with Gasteiger partial charge in [0.1, 0.15) is 12.2 Å². The average Bonchev–Trinajstić information content (AvgIpc) is 2.75. The van der Waals surface area contributed by atoms with Crippen LogP contribution in [0.1, 0.15) is 57.7 Å². The molecule has 4 nitrogen and oxygen atoms in total. The van der Waals surface area contributed by atoms with Gasteiger partial charge in [0.15, 0.2) is 0 Å². The first-order valence-corrected chi connectivity index (χ1v) is 6.80. The Hall–Kier alpha value is -0.900. The standard InChI is InChI=1S/C13H24N4/c1-10(2)7-8-17-9-15-16-13(17)11-3-5-12(14)6-4-11/h9-12H,3-8,14H2,1-2H3. The van der Waals surface area contributed by atoms with E-state index in [0.29, 0.717) is 12.0 Å². The second-order valence-electron chi connectivity index (χ2n) is 5.68. The highest BCUT2D eigenvalue weighted by atomic mass is 15.3. The molecule has 1 aliphatic carbocycles. The molecular weight excluding hydrogens is 212 g/mol. The van der Waals surface area contributed by atoms with Gasteiger partial charge in [0.2, 0.25) is 0 Å². The Kier molecular flexibility index (Phi) is 4.15. The molecule has 0 unspecified atom stereocenters. The third kappa shape index (κ3) is 3.28. The first-order valence-electron chi connectivity index (χ1n) is 6.80. The van der Waals surface area contributed by atoms with Crippen LogP contribution in [0.3, 0.4) is 0 Å². The van der Waals surface area contributed by atoms with Crippen molar-refractivity contribution < 1.29 is 0 Å². The number of hydrogen-bond donors (Lipinski definition) is 1. The third-order valence-corrected chi connectivity index (χ3v) is 3.73. The summed E-state index contributed by atoms with van der Waals surface area (Å²) in [5.41, 5.74) is 5.94. The van der Waals surface area contributed by atoms with E-state index in [4.69, 9.17) is 5.73 Å². The predicted molar refractivity (Wildman–Crippen MR) is 68.7 cm³/mol. The molecule has 2 rings (SSSR count). The van der Waals surface area contributed by atoms with Crippen LogP contribution in [0.25, 0.3) is 0 Å². The van der Waals surface area contributed by atoms with E-state index in [2.05, 4.69) is 28.6 Å². The van der Waals surface area contributed by atoms with Gasteiger partial charge in [0, 0.05) is 18.5 Å². The fourth-order valence-electron chi connectivity index (χ4n) is 2.53. The van der Waals surface area contributed by atoms with E-state index < -0.39 is 0 Å². The van der Waals surface area contributed by atoms with Crippen LogP contribution >= 0.6 is 0 Å². The summed E-state index contributed by atoms with van der Waals surface area (Å²) in [6.45, 7) is 5.55. The summed E-state index contributed by atoms with van der Waals surface area (Å²) in [5.74, 6) is 2.48. The molecule has 96 valence electrons. The maximum Gasteiger partial charge on any atom is 0.135 e. The normalized spacial score (nSPS) is 25.4. The maximum atomic E-state index is 5.94. The second-order valence-corrected chi connectivity index (χ2v) is 5.68. The Bertz CT molecular complexity index is 337. The fraction of sp³-hybridized carbons (Fsp3) is 0.846. The van der Waals surface area contributed by atoms with Crippen molar-refractivity contribution in [1.29, 1.82) is 0 Å². The van der Waals surface area contributed by atoms with Gasteiger partial charge in [-0.3, -0.25) is 0 Å². The zero-order chi connectivity index (χ0) is 12.3. The lowest BCUT2D eigenvalue weighted by molar-refractivity contribution is 0.371. The van der Waals surface area contributed by atoms with Crippen molar-refractivity contribution in [3.8, 4) is 0 Å². The molecule has 0 aromatic carbocycles. The highest BCUT2D eigenvalue weighted by Crippen LogP contribution is 2.31. The van der Waals surface area contributed by atoms with Crippen molar-refractivity contribution in [3.63, 3.8) is 0 Å². The van der Waals surface area contributed by atoms with Crippen LogP contribution in [0.4, 0.5) is 0 Å². The van der Waals surface area contributed by atoms with Gasteiger partial charge in [-0.2, -0.15) is 0 Å². The molecule has 0 spiro atoms. The summed E-state index contributed by atoms with van der Waals surface area (Å²) in [7, 11) is 0. The zero-order valence-electron chi connectivity index (χ0n) is 11.0. The highest BCUT2D eigenvalue weighted by molar-refractivity contribution is 4.99. The number of nitrogens with zero attached hydrogens (tertiary/aromatic N) is 3. The third-order valence-electron chi connectivity index (χ3n) is 3.73. The van der Waals surface area contributed by atoms with Crippen LogP contribution in [-0.4, -0.2) is 20.8 Å². The molecule has 0 bridgehead atoms. The molecule has 4 heteroatoms. The number of rotatable bonds is 4. The Balaban J connectivity index is 1.98. The minimum atomic E-state index is 0.401. The molecule has 1 fully saturated rings. The molecule has 1 aliphatic rings. The van der Waals surface area contributed by atoms with Crippen LogP contribution in [0.5, 0.6) is 0 Å². The van der Waals surface area contributed by atoms with Gasteiger partial charge in [-0.1, -0.05) is 13.8 Å². The Labute approximate surface area is 104 Å². The number of nitrogens with two attached hydrogens (primary N) is 1. The summed E-state index contributed by atoms with van der Waals surface area (Å²) in [5, 5.41) is 8.39. The predicted octanol–water partition coefficient (Wildman–Crippen LogP) is 2.31. The van der Waals surface area contributed by atoms with E-state index in [1.165, 1.54) is 25.1 Å². The lowest BCUT2D eigenvalue weighted by Gasteiger charge is -2.25. The summed E-state index contributed by atoms with van der Waals surface area (Å²) in [6.07, 6.45) is 7.66. The molecular formula is C13H24N4. The van der Waals surface area contributed by atoms with E-state index in [1.807, 2.05) is 6.33 Å². The first kappa shape index (κ1) is 12.6. The maximum absolute atomic E-state index is 5.94. The van der Waals surface area contributed by atoms with Crippen molar-refractivity contribution in [2.45, 2.75) is 64.5 Å². The molecule has 1 aromatic heterocycles. The summed E-state index contributed by atoms with van der Waals surface area (Å²) < 4.78 is 2.24. The molecule has 0 aliphatic heterocycles. The van der Waals surface area contributed by atoms with E-state index in [1.54, 1.807) is 0 Å². The molecule has 0 radical (unpaired) electrons. The minimum Gasteiger partial charge on any atom is -0.328 e. The average molecular weight is 236 g/mol. The molecule has 1 saturated carbocycles.